The van der Waals surface area contributed by atoms with Gasteiger partial charge in [-0.05, 0) is 35.1 Å². The molecule has 0 saturated heterocycles. The van der Waals surface area contributed by atoms with Crippen LogP contribution in [0.4, 0.5) is 0 Å². The van der Waals surface area contributed by atoms with Crippen molar-refractivity contribution in [2.75, 3.05) is 0 Å². The van der Waals surface area contributed by atoms with Crippen LogP contribution in [0, 0.1) is 5.92 Å². The van der Waals surface area contributed by atoms with Crippen LogP contribution in [0.2, 0.25) is 0 Å². The normalized spacial score (nSPS) is 14.5. The number of hydrogen-bond acceptors (Lipinski definition) is 5. The minimum Gasteiger partial charge on any atom is -0.480 e. The summed E-state index contributed by atoms with van der Waals surface area (Å²) < 4.78 is 0. The van der Waals surface area contributed by atoms with E-state index in [1.165, 1.54) is 0 Å². The lowest BCUT2D eigenvalue weighted by Gasteiger charge is -2.28. The van der Waals surface area contributed by atoms with Gasteiger partial charge in [0.1, 0.15) is 18.1 Å². The smallest absolute Gasteiger partial charge is 0.326 e. The van der Waals surface area contributed by atoms with Crippen LogP contribution < -0.4 is 21.7 Å². The highest BCUT2D eigenvalue weighted by Crippen LogP contribution is 2.20. The van der Waals surface area contributed by atoms with Crippen LogP contribution in [0.1, 0.15) is 37.0 Å². The van der Waals surface area contributed by atoms with Crippen molar-refractivity contribution in [2.24, 2.45) is 11.7 Å². The van der Waals surface area contributed by atoms with E-state index in [2.05, 4.69) is 20.9 Å². The van der Waals surface area contributed by atoms with E-state index in [1.807, 2.05) is 91.9 Å². The monoisotopic (exact) mass is 611 g/mol. The third-order valence-electron chi connectivity index (χ3n) is 8.06. The van der Waals surface area contributed by atoms with Gasteiger partial charge in [0.05, 0.1) is 6.04 Å². The average Bonchev–Trinajstić information content (AvgIpc) is 3.45. The van der Waals surface area contributed by atoms with Crippen LogP contribution in [0.25, 0.3) is 10.9 Å². The largest absolute Gasteiger partial charge is 0.480 e. The molecule has 4 rings (SSSR count). The summed E-state index contributed by atoms with van der Waals surface area (Å²) in [6.45, 7) is 3.68. The third-order valence-corrected chi connectivity index (χ3v) is 8.06. The first-order chi connectivity index (χ1) is 21.7. The molecule has 5 unspecified atom stereocenters. The highest BCUT2D eigenvalue weighted by molar-refractivity contribution is 5.94. The Bertz CT molecular complexity index is 1590. The summed E-state index contributed by atoms with van der Waals surface area (Å²) in [6, 6.07) is 21.9. The van der Waals surface area contributed by atoms with Gasteiger partial charge in [-0.15, -0.1) is 0 Å². The number of para-hydroxylation sites is 1. The second-order valence-corrected chi connectivity index (χ2v) is 11.4. The zero-order chi connectivity index (χ0) is 32.3. The van der Waals surface area contributed by atoms with Gasteiger partial charge in [0.2, 0.25) is 17.7 Å². The molecule has 0 aliphatic rings. The molecule has 0 radical (unpaired) electrons. The summed E-state index contributed by atoms with van der Waals surface area (Å²) >= 11 is 0. The molecule has 1 heterocycles. The van der Waals surface area contributed by atoms with Gasteiger partial charge in [-0.3, -0.25) is 14.4 Å². The van der Waals surface area contributed by atoms with Crippen molar-refractivity contribution >= 4 is 34.6 Å². The fourth-order valence-electron chi connectivity index (χ4n) is 5.24. The molecule has 0 fully saturated rings. The first kappa shape index (κ1) is 32.9. The highest BCUT2D eigenvalue weighted by Gasteiger charge is 2.33. The van der Waals surface area contributed by atoms with Crippen LogP contribution >= 0.6 is 0 Å². The van der Waals surface area contributed by atoms with Crippen molar-refractivity contribution in [3.05, 3.63) is 108 Å². The van der Waals surface area contributed by atoms with Crippen LogP contribution in [0.15, 0.2) is 91.1 Å². The van der Waals surface area contributed by atoms with E-state index < -0.39 is 47.9 Å². The van der Waals surface area contributed by atoms with Gasteiger partial charge in [-0.1, -0.05) is 99.1 Å². The standard InChI is InChI=1S/C35H41N5O5/c1-3-22(2)31(34(43)39-30(35(44)45)20-25-21-37-28-17-11-10-16-26(25)28)40-33(42)29(19-24-14-8-5-9-15-24)38-32(41)27(36)18-23-12-6-4-7-13-23/h4-17,21-22,27,29-31,37H,3,18-20,36H2,1-2H3,(H,38,41)(H,39,43)(H,40,42)(H,44,45). The predicted octanol–water partition coefficient (Wildman–Crippen LogP) is 3.11. The Morgan fingerprint density at radius 1 is 0.733 bits per heavy atom. The molecule has 4 aromatic rings. The number of benzene rings is 3. The topological polar surface area (TPSA) is 166 Å². The third kappa shape index (κ3) is 9.02. The molecular weight excluding hydrogens is 570 g/mol. The molecule has 7 N–H and O–H groups in total. The molecule has 5 atom stereocenters. The van der Waals surface area contributed by atoms with Gasteiger partial charge in [0.15, 0.2) is 0 Å². The number of aliphatic carboxylic acids is 1. The zero-order valence-corrected chi connectivity index (χ0v) is 25.5. The summed E-state index contributed by atoms with van der Waals surface area (Å²) in [6.07, 6.45) is 2.79. The molecule has 0 aliphatic heterocycles. The molecule has 45 heavy (non-hydrogen) atoms. The zero-order valence-electron chi connectivity index (χ0n) is 25.5. The van der Waals surface area contributed by atoms with Crippen LogP contribution in [0.3, 0.4) is 0 Å². The Labute approximate surface area is 262 Å². The van der Waals surface area contributed by atoms with Crippen LogP contribution in [-0.2, 0) is 38.4 Å². The van der Waals surface area contributed by atoms with E-state index in [-0.39, 0.29) is 25.2 Å². The van der Waals surface area contributed by atoms with Crippen molar-refractivity contribution < 1.29 is 24.3 Å². The molecule has 10 heteroatoms. The number of carboxylic acid groups (broad SMARTS) is 1. The van der Waals surface area contributed by atoms with Crippen LogP contribution in [-0.4, -0.2) is 57.9 Å². The number of nitrogens with two attached hydrogens (primary N) is 1. The van der Waals surface area contributed by atoms with Crippen molar-refractivity contribution in [3.8, 4) is 0 Å². The number of nitrogens with one attached hydrogen (secondary N) is 4. The second kappa shape index (κ2) is 15.7. The molecule has 0 bridgehead atoms. The molecule has 1 aromatic heterocycles. The molecule has 10 nitrogen and oxygen atoms in total. The Kier molecular flexibility index (Phi) is 11.5. The van der Waals surface area contributed by atoms with Gasteiger partial charge >= 0.3 is 5.97 Å². The lowest BCUT2D eigenvalue weighted by molar-refractivity contribution is -0.142. The summed E-state index contributed by atoms with van der Waals surface area (Å²) in [5.41, 5.74) is 9.53. The highest BCUT2D eigenvalue weighted by atomic mass is 16.4. The van der Waals surface area contributed by atoms with E-state index >= 15 is 0 Å². The Morgan fingerprint density at radius 3 is 1.93 bits per heavy atom. The maximum atomic E-state index is 13.8. The predicted molar refractivity (Wildman–Crippen MR) is 173 cm³/mol. The van der Waals surface area contributed by atoms with Crippen molar-refractivity contribution in [1.82, 2.24) is 20.9 Å². The van der Waals surface area contributed by atoms with Gasteiger partial charge in [-0.25, -0.2) is 4.79 Å². The quantitative estimate of drug-likeness (QED) is 0.121. The molecule has 3 amide bonds. The summed E-state index contributed by atoms with van der Waals surface area (Å²) in [5.74, 6) is -3.20. The molecular formula is C35H41N5O5. The second-order valence-electron chi connectivity index (χ2n) is 11.4. The number of carbonyl (C=O) groups excluding carboxylic acids is 3. The van der Waals surface area contributed by atoms with Gasteiger partial charge in [-0.2, -0.15) is 0 Å². The maximum Gasteiger partial charge on any atom is 0.326 e. The number of fused-ring (bicyclic) bond motifs is 1. The van der Waals surface area contributed by atoms with Crippen LogP contribution in [0.5, 0.6) is 0 Å². The van der Waals surface area contributed by atoms with Crippen molar-refractivity contribution in [2.45, 2.75) is 63.7 Å². The minimum atomic E-state index is -1.23. The number of carboxylic acids is 1. The fourth-order valence-corrected chi connectivity index (χ4v) is 5.24. The molecule has 236 valence electrons. The number of rotatable bonds is 15. The van der Waals surface area contributed by atoms with E-state index in [4.69, 9.17) is 5.73 Å². The summed E-state index contributed by atoms with van der Waals surface area (Å²) in [4.78, 5) is 55.9. The summed E-state index contributed by atoms with van der Waals surface area (Å²) in [5, 5.41) is 19.1. The average molecular weight is 612 g/mol. The van der Waals surface area contributed by atoms with Crippen molar-refractivity contribution in [1.29, 1.82) is 0 Å². The number of carbonyl (C=O) groups is 4. The number of H-pyrrole nitrogens is 1. The Hall–Kier alpha value is -4.96. The first-order valence-electron chi connectivity index (χ1n) is 15.2. The molecule has 0 spiro atoms. The number of hydrogen-bond donors (Lipinski definition) is 6. The van der Waals surface area contributed by atoms with E-state index in [0.29, 0.717) is 6.42 Å². The lowest BCUT2D eigenvalue weighted by Crippen LogP contribution is -2.59. The Balaban J connectivity index is 1.50. The summed E-state index contributed by atoms with van der Waals surface area (Å²) in [7, 11) is 0. The fraction of sp³-hybridized carbons (Fsp3) is 0.314. The molecule has 3 aromatic carbocycles. The number of amides is 3. The SMILES string of the molecule is CCC(C)C(NC(=O)C(Cc1ccccc1)NC(=O)C(N)Cc1ccccc1)C(=O)NC(Cc1c[nH]c2ccccc12)C(=O)O. The van der Waals surface area contributed by atoms with E-state index in [0.717, 1.165) is 27.6 Å². The molecule has 0 saturated carbocycles. The molecule has 0 aliphatic carbocycles. The van der Waals surface area contributed by atoms with E-state index in [1.54, 1.807) is 13.1 Å². The Morgan fingerprint density at radius 2 is 1.31 bits per heavy atom. The minimum absolute atomic E-state index is 0.0538. The number of aromatic nitrogens is 1. The van der Waals surface area contributed by atoms with Gasteiger partial charge in [0, 0.05) is 29.9 Å². The van der Waals surface area contributed by atoms with Gasteiger partial charge in [0.25, 0.3) is 0 Å². The lowest BCUT2D eigenvalue weighted by atomic mass is 9.96. The van der Waals surface area contributed by atoms with E-state index in [9.17, 15) is 24.3 Å². The van der Waals surface area contributed by atoms with Gasteiger partial charge < -0.3 is 31.8 Å². The van der Waals surface area contributed by atoms with Crippen molar-refractivity contribution in [3.63, 3.8) is 0 Å². The maximum absolute atomic E-state index is 13.8. The number of aromatic amines is 1. The first-order valence-corrected chi connectivity index (χ1v) is 15.2.